The van der Waals surface area contributed by atoms with E-state index in [0.717, 1.165) is 32.3 Å². The summed E-state index contributed by atoms with van der Waals surface area (Å²) in [5.74, 6) is 0. The fourth-order valence-electron chi connectivity index (χ4n) is 1.12. The van der Waals surface area contributed by atoms with Crippen LogP contribution < -0.4 is 0 Å². The molecule has 0 rings (SSSR count). The molecular weight excluding hydrogens is 140 g/mol. The lowest BCUT2D eigenvalue weighted by Crippen LogP contribution is -2.11. The molecule has 11 heavy (non-hydrogen) atoms. The summed E-state index contributed by atoms with van der Waals surface area (Å²) >= 11 is 0. The number of ether oxygens (including phenoxy) is 1. The molecule has 0 saturated carbocycles. The Morgan fingerprint density at radius 1 is 1.27 bits per heavy atom. The van der Waals surface area contributed by atoms with Crippen molar-refractivity contribution in [3.63, 3.8) is 0 Å². The van der Waals surface area contributed by atoms with Gasteiger partial charge < -0.3 is 9.84 Å². The highest BCUT2D eigenvalue weighted by atomic mass is 16.5. The maximum Gasteiger partial charge on any atom is 0.0572 e. The summed E-state index contributed by atoms with van der Waals surface area (Å²) in [5, 5.41) is 8.54. The summed E-state index contributed by atoms with van der Waals surface area (Å²) in [6.07, 6.45) is 4.56. The van der Waals surface area contributed by atoms with Crippen LogP contribution in [0.2, 0.25) is 0 Å². The Kier molecular flexibility index (Phi) is 7.96. The Bertz CT molecular complexity index is 74.0. The highest BCUT2D eigenvalue weighted by Gasteiger charge is 2.03. The minimum Gasteiger partial charge on any atom is -0.396 e. The highest BCUT2D eigenvalue weighted by molar-refractivity contribution is 4.54. The first kappa shape index (κ1) is 10.9. The van der Waals surface area contributed by atoms with E-state index < -0.39 is 0 Å². The van der Waals surface area contributed by atoms with Crippen LogP contribution in [-0.2, 0) is 4.74 Å². The third-order valence-electron chi connectivity index (χ3n) is 1.79. The topological polar surface area (TPSA) is 29.5 Å². The first-order chi connectivity index (χ1) is 5.35. The Morgan fingerprint density at radius 3 is 2.45 bits per heavy atom. The van der Waals surface area contributed by atoms with Gasteiger partial charge in [-0.25, -0.2) is 0 Å². The first-order valence-corrected chi connectivity index (χ1v) is 4.57. The minimum atomic E-state index is 0.308. The van der Waals surface area contributed by atoms with Gasteiger partial charge in [-0.05, 0) is 32.6 Å². The van der Waals surface area contributed by atoms with Crippen molar-refractivity contribution in [1.82, 2.24) is 0 Å². The molecule has 1 atom stereocenters. The number of rotatable bonds is 7. The summed E-state index contributed by atoms with van der Waals surface area (Å²) in [6.45, 7) is 5.27. The Hall–Kier alpha value is -0.0800. The van der Waals surface area contributed by atoms with Crippen molar-refractivity contribution in [2.45, 2.75) is 45.6 Å². The normalized spacial score (nSPS) is 13.4. The predicted molar refractivity (Wildman–Crippen MR) is 46.6 cm³/mol. The van der Waals surface area contributed by atoms with Crippen molar-refractivity contribution in [3.05, 3.63) is 0 Å². The molecule has 2 heteroatoms. The van der Waals surface area contributed by atoms with Crippen molar-refractivity contribution in [2.24, 2.45) is 0 Å². The second kappa shape index (κ2) is 8.02. The molecule has 0 radical (unpaired) electrons. The molecule has 0 spiro atoms. The molecule has 0 aromatic heterocycles. The van der Waals surface area contributed by atoms with Gasteiger partial charge >= 0.3 is 0 Å². The Morgan fingerprint density at radius 2 is 2.00 bits per heavy atom. The summed E-state index contributed by atoms with van der Waals surface area (Å²) in [5.41, 5.74) is 0. The smallest absolute Gasteiger partial charge is 0.0572 e. The number of aliphatic hydroxyl groups is 1. The van der Waals surface area contributed by atoms with Gasteiger partial charge in [-0.3, -0.25) is 0 Å². The number of hydrogen-bond acceptors (Lipinski definition) is 2. The molecule has 0 saturated heterocycles. The van der Waals surface area contributed by atoms with E-state index in [1.807, 2.05) is 6.92 Å². The zero-order chi connectivity index (χ0) is 8.53. The molecular formula is C9H20O2. The van der Waals surface area contributed by atoms with Crippen LogP contribution in [0.5, 0.6) is 0 Å². The van der Waals surface area contributed by atoms with E-state index in [0.29, 0.717) is 12.7 Å². The molecule has 0 aromatic rings. The maximum atomic E-state index is 8.54. The third-order valence-corrected chi connectivity index (χ3v) is 1.79. The van der Waals surface area contributed by atoms with Crippen LogP contribution in [0.1, 0.15) is 39.5 Å². The fraction of sp³-hybridized carbons (Fsp3) is 1.00. The standard InChI is InChI=1S/C9H20O2/c1-3-9(11-4-2)7-5-6-8-10/h9-10H,3-8H2,1-2H3. The number of hydrogen-bond donors (Lipinski definition) is 1. The van der Waals surface area contributed by atoms with Gasteiger partial charge in [-0.1, -0.05) is 6.92 Å². The van der Waals surface area contributed by atoms with Crippen molar-refractivity contribution in [2.75, 3.05) is 13.2 Å². The Balaban J connectivity index is 3.20. The molecule has 0 aromatic carbocycles. The summed E-state index contributed by atoms with van der Waals surface area (Å²) < 4.78 is 5.46. The van der Waals surface area contributed by atoms with E-state index in [4.69, 9.17) is 9.84 Å². The van der Waals surface area contributed by atoms with Crippen LogP contribution in [-0.4, -0.2) is 24.4 Å². The first-order valence-electron chi connectivity index (χ1n) is 4.57. The van der Waals surface area contributed by atoms with E-state index in [1.165, 1.54) is 0 Å². The zero-order valence-electron chi connectivity index (χ0n) is 7.68. The van der Waals surface area contributed by atoms with Crippen LogP contribution in [0, 0.1) is 0 Å². The van der Waals surface area contributed by atoms with Crippen LogP contribution in [0.15, 0.2) is 0 Å². The monoisotopic (exact) mass is 160 g/mol. The molecule has 2 nitrogen and oxygen atoms in total. The van der Waals surface area contributed by atoms with Crippen molar-refractivity contribution < 1.29 is 9.84 Å². The van der Waals surface area contributed by atoms with Gasteiger partial charge in [-0.2, -0.15) is 0 Å². The highest BCUT2D eigenvalue weighted by Crippen LogP contribution is 2.07. The van der Waals surface area contributed by atoms with Crippen molar-refractivity contribution >= 4 is 0 Å². The van der Waals surface area contributed by atoms with Crippen LogP contribution in [0.4, 0.5) is 0 Å². The minimum absolute atomic E-state index is 0.308. The lowest BCUT2D eigenvalue weighted by atomic mass is 10.1. The van der Waals surface area contributed by atoms with Crippen LogP contribution in [0.3, 0.4) is 0 Å². The van der Waals surface area contributed by atoms with Gasteiger partial charge in [0.15, 0.2) is 0 Å². The summed E-state index contributed by atoms with van der Waals surface area (Å²) in [7, 11) is 0. The van der Waals surface area contributed by atoms with E-state index in [-0.39, 0.29) is 0 Å². The van der Waals surface area contributed by atoms with Crippen molar-refractivity contribution in [1.29, 1.82) is 0 Å². The van der Waals surface area contributed by atoms with Gasteiger partial charge in [0.25, 0.3) is 0 Å². The third kappa shape index (κ3) is 6.32. The molecule has 68 valence electrons. The lowest BCUT2D eigenvalue weighted by Gasteiger charge is -2.13. The van der Waals surface area contributed by atoms with E-state index >= 15 is 0 Å². The SMILES string of the molecule is CCOC(CC)CCCCO. The molecule has 0 heterocycles. The molecule has 1 unspecified atom stereocenters. The number of aliphatic hydroxyl groups excluding tert-OH is 1. The molecule has 0 bridgehead atoms. The molecule has 0 aliphatic rings. The van der Waals surface area contributed by atoms with Gasteiger partial charge in [0.05, 0.1) is 6.10 Å². The van der Waals surface area contributed by atoms with E-state index in [1.54, 1.807) is 0 Å². The molecule has 0 aliphatic carbocycles. The van der Waals surface area contributed by atoms with Crippen LogP contribution in [0.25, 0.3) is 0 Å². The number of unbranched alkanes of at least 4 members (excludes halogenated alkanes) is 1. The summed E-state index contributed by atoms with van der Waals surface area (Å²) in [4.78, 5) is 0. The average Bonchev–Trinajstić information content (AvgIpc) is 2.03. The molecule has 0 fully saturated rings. The van der Waals surface area contributed by atoms with Gasteiger partial charge in [0.1, 0.15) is 0 Å². The largest absolute Gasteiger partial charge is 0.396 e. The van der Waals surface area contributed by atoms with Crippen LogP contribution >= 0.6 is 0 Å². The van der Waals surface area contributed by atoms with E-state index in [2.05, 4.69) is 6.92 Å². The summed E-state index contributed by atoms with van der Waals surface area (Å²) in [6, 6.07) is 0. The fourth-order valence-corrected chi connectivity index (χ4v) is 1.12. The second-order valence-corrected chi connectivity index (χ2v) is 2.70. The second-order valence-electron chi connectivity index (χ2n) is 2.70. The lowest BCUT2D eigenvalue weighted by molar-refractivity contribution is 0.0515. The van der Waals surface area contributed by atoms with Gasteiger partial charge in [0, 0.05) is 13.2 Å². The van der Waals surface area contributed by atoms with Crippen molar-refractivity contribution in [3.8, 4) is 0 Å². The Labute approximate surface area is 69.6 Å². The predicted octanol–water partition coefficient (Wildman–Crippen LogP) is 1.96. The molecule has 0 amide bonds. The van der Waals surface area contributed by atoms with Gasteiger partial charge in [0.2, 0.25) is 0 Å². The molecule has 1 N–H and O–H groups in total. The van der Waals surface area contributed by atoms with E-state index in [9.17, 15) is 0 Å². The quantitative estimate of drug-likeness (QED) is 0.577. The average molecular weight is 160 g/mol. The molecule has 0 aliphatic heterocycles. The zero-order valence-corrected chi connectivity index (χ0v) is 7.68. The van der Waals surface area contributed by atoms with Gasteiger partial charge in [-0.15, -0.1) is 0 Å². The maximum absolute atomic E-state index is 8.54.